The predicted octanol–water partition coefficient (Wildman–Crippen LogP) is 3.67. The summed E-state index contributed by atoms with van der Waals surface area (Å²) >= 11 is 0. The molecule has 1 heterocycles. The van der Waals surface area contributed by atoms with Crippen LogP contribution in [0.25, 0.3) is 0 Å². The molecule has 0 radical (unpaired) electrons. The molecule has 1 fully saturated rings. The molecule has 1 aliphatic rings. The lowest BCUT2D eigenvalue weighted by Gasteiger charge is -2.12. The van der Waals surface area contributed by atoms with Crippen LogP contribution in [-0.4, -0.2) is 39.1 Å². The van der Waals surface area contributed by atoms with Gasteiger partial charge in [0, 0.05) is 7.11 Å². The van der Waals surface area contributed by atoms with Crippen LogP contribution in [0.4, 0.5) is 0 Å². The van der Waals surface area contributed by atoms with Crippen molar-refractivity contribution in [3.05, 3.63) is 48.5 Å². The first-order valence-electron chi connectivity index (χ1n) is 8.01. The van der Waals surface area contributed by atoms with Crippen LogP contribution < -0.4 is 14.2 Å². The first-order valence-corrected chi connectivity index (χ1v) is 8.01. The van der Waals surface area contributed by atoms with Crippen LogP contribution in [0.1, 0.15) is 6.92 Å². The Hall–Kier alpha value is -2.24. The third-order valence-corrected chi connectivity index (χ3v) is 3.61. The van der Waals surface area contributed by atoms with Crippen molar-refractivity contribution in [1.82, 2.24) is 0 Å². The summed E-state index contributed by atoms with van der Waals surface area (Å²) in [6, 6.07) is 15.1. The highest BCUT2D eigenvalue weighted by Crippen LogP contribution is 2.26. The molecule has 0 aliphatic carbocycles. The second-order valence-electron chi connectivity index (χ2n) is 5.67. The summed E-state index contributed by atoms with van der Waals surface area (Å²) in [4.78, 5) is 0. The quantitative estimate of drug-likeness (QED) is 0.657. The molecule has 2 aromatic rings. The summed E-state index contributed by atoms with van der Waals surface area (Å²) in [6.07, 6.45) is 0.321. The molecule has 0 spiro atoms. The number of benzene rings is 2. The Kier molecular flexibility index (Phi) is 5.56. The predicted molar refractivity (Wildman–Crippen MR) is 90.2 cm³/mol. The molecule has 0 bridgehead atoms. The maximum absolute atomic E-state index is 5.81. The van der Waals surface area contributed by atoms with Crippen molar-refractivity contribution in [2.24, 2.45) is 0 Å². The van der Waals surface area contributed by atoms with Crippen LogP contribution >= 0.6 is 0 Å². The van der Waals surface area contributed by atoms with Crippen LogP contribution in [0.2, 0.25) is 0 Å². The molecule has 0 saturated carbocycles. The monoisotopic (exact) mass is 330 g/mol. The highest BCUT2D eigenvalue weighted by molar-refractivity contribution is 5.37. The fraction of sp³-hybridized carbons (Fsp3) is 0.368. The zero-order valence-corrected chi connectivity index (χ0v) is 13.9. The summed E-state index contributed by atoms with van der Waals surface area (Å²) in [5, 5.41) is 0. The smallest absolute Gasteiger partial charge is 0.127 e. The van der Waals surface area contributed by atoms with Gasteiger partial charge in [0.25, 0.3) is 0 Å². The van der Waals surface area contributed by atoms with E-state index in [2.05, 4.69) is 0 Å². The second-order valence-corrected chi connectivity index (χ2v) is 5.67. The van der Waals surface area contributed by atoms with Crippen molar-refractivity contribution in [3.63, 3.8) is 0 Å². The Morgan fingerprint density at radius 1 is 0.917 bits per heavy atom. The molecule has 0 N–H and O–H groups in total. The Labute approximate surface area is 142 Å². The van der Waals surface area contributed by atoms with Gasteiger partial charge in [-0.2, -0.15) is 0 Å². The van der Waals surface area contributed by atoms with Gasteiger partial charge in [0.1, 0.15) is 42.3 Å². The lowest BCUT2D eigenvalue weighted by Crippen LogP contribution is -2.15. The topological polar surface area (TPSA) is 49.5 Å². The molecule has 5 nitrogen and oxygen atoms in total. The van der Waals surface area contributed by atoms with E-state index in [-0.39, 0.29) is 12.2 Å². The highest BCUT2D eigenvalue weighted by atomic mass is 16.6. The first-order chi connectivity index (χ1) is 11.7. The Balaban J connectivity index is 1.49. The Bertz CT molecular complexity index is 619. The number of methoxy groups -OCH3 is 1. The van der Waals surface area contributed by atoms with Crippen molar-refractivity contribution >= 4 is 0 Å². The summed E-state index contributed by atoms with van der Waals surface area (Å²) in [6.45, 7) is 3.88. The average Bonchev–Trinajstić information content (AvgIpc) is 3.45. The van der Waals surface area contributed by atoms with Crippen LogP contribution in [0.15, 0.2) is 48.5 Å². The van der Waals surface area contributed by atoms with E-state index in [1.54, 1.807) is 7.11 Å². The van der Waals surface area contributed by atoms with E-state index in [1.807, 2.05) is 55.5 Å². The molecular weight excluding hydrogens is 308 g/mol. The standard InChI is InChI=1S/C19H22O5/c1-14(20-2)11-21-15-3-7-17(8-4-15)24-18-9-5-16(6-10-18)22-12-19-13-23-19/h3-10,14,19H,11-13H2,1-2H3. The molecule has 3 rings (SSSR count). The SMILES string of the molecule is COC(C)COc1ccc(Oc2ccc(OCC3CO3)cc2)cc1. The fourth-order valence-corrected chi connectivity index (χ4v) is 1.98. The van der Waals surface area contributed by atoms with Crippen LogP contribution in [0, 0.1) is 0 Å². The summed E-state index contributed by atoms with van der Waals surface area (Å²) < 4.78 is 27.3. The van der Waals surface area contributed by atoms with E-state index in [1.165, 1.54) is 0 Å². The molecule has 24 heavy (non-hydrogen) atoms. The number of epoxide rings is 1. The van der Waals surface area contributed by atoms with Gasteiger partial charge >= 0.3 is 0 Å². The van der Waals surface area contributed by atoms with Crippen molar-refractivity contribution in [3.8, 4) is 23.0 Å². The Morgan fingerprint density at radius 3 is 1.92 bits per heavy atom. The molecule has 0 amide bonds. The first kappa shape index (κ1) is 16.6. The number of hydrogen-bond donors (Lipinski definition) is 0. The molecular formula is C19H22O5. The second kappa shape index (κ2) is 8.04. The number of ether oxygens (including phenoxy) is 5. The molecule has 0 aromatic heterocycles. The van der Waals surface area contributed by atoms with Crippen LogP contribution in [-0.2, 0) is 9.47 Å². The minimum absolute atomic E-state index is 0.0631. The van der Waals surface area contributed by atoms with Crippen LogP contribution in [0.5, 0.6) is 23.0 Å². The highest BCUT2D eigenvalue weighted by Gasteiger charge is 2.22. The number of rotatable bonds is 9. The van der Waals surface area contributed by atoms with Crippen molar-refractivity contribution in [2.45, 2.75) is 19.1 Å². The minimum Gasteiger partial charge on any atom is -0.491 e. The van der Waals surface area contributed by atoms with Gasteiger partial charge in [-0.3, -0.25) is 0 Å². The lowest BCUT2D eigenvalue weighted by atomic mass is 10.3. The van der Waals surface area contributed by atoms with Crippen molar-refractivity contribution in [1.29, 1.82) is 0 Å². The Morgan fingerprint density at radius 2 is 1.42 bits per heavy atom. The van der Waals surface area contributed by atoms with E-state index in [4.69, 9.17) is 23.7 Å². The van der Waals surface area contributed by atoms with Crippen molar-refractivity contribution in [2.75, 3.05) is 26.9 Å². The molecule has 5 heteroatoms. The maximum atomic E-state index is 5.81. The zero-order chi connectivity index (χ0) is 16.8. The zero-order valence-electron chi connectivity index (χ0n) is 13.9. The third kappa shape index (κ3) is 5.15. The number of hydrogen-bond acceptors (Lipinski definition) is 5. The van der Waals surface area contributed by atoms with E-state index in [0.717, 1.165) is 29.6 Å². The van der Waals surface area contributed by atoms with E-state index in [0.29, 0.717) is 13.2 Å². The lowest BCUT2D eigenvalue weighted by molar-refractivity contribution is 0.0716. The van der Waals surface area contributed by atoms with Gasteiger partial charge in [-0.15, -0.1) is 0 Å². The van der Waals surface area contributed by atoms with Gasteiger partial charge in [0.15, 0.2) is 0 Å². The molecule has 128 valence electrons. The average molecular weight is 330 g/mol. The largest absolute Gasteiger partial charge is 0.491 e. The minimum atomic E-state index is 0.0631. The van der Waals surface area contributed by atoms with Gasteiger partial charge in [-0.05, 0) is 55.5 Å². The molecule has 1 saturated heterocycles. The van der Waals surface area contributed by atoms with Gasteiger partial charge in [-0.1, -0.05) is 0 Å². The molecule has 1 aliphatic heterocycles. The van der Waals surface area contributed by atoms with Gasteiger partial charge < -0.3 is 23.7 Å². The molecule has 2 unspecified atom stereocenters. The fourth-order valence-electron chi connectivity index (χ4n) is 1.98. The van der Waals surface area contributed by atoms with Gasteiger partial charge in [0.2, 0.25) is 0 Å². The van der Waals surface area contributed by atoms with Gasteiger partial charge in [0.05, 0.1) is 12.7 Å². The summed E-state index contributed by atoms with van der Waals surface area (Å²) in [7, 11) is 1.67. The third-order valence-electron chi connectivity index (χ3n) is 3.61. The molecule has 2 atom stereocenters. The maximum Gasteiger partial charge on any atom is 0.127 e. The summed E-state index contributed by atoms with van der Waals surface area (Å²) in [5.41, 5.74) is 0. The summed E-state index contributed by atoms with van der Waals surface area (Å²) in [5.74, 6) is 3.11. The normalized spacial score (nSPS) is 17.2. The van der Waals surface area contributed by atoms with E-state index < -0.39 is 0 Å². The van der Waals surface area contributed by atoms with Crippen LogP contribution in [0.3, 0.4) is 0 Å². The van der Waals surface area contributed by atoms with E-state index >= 15 is 0 Å². The van der Waals surface area contributed by atoms with E-state index in [9.17, 15) is 0 Å². The van der Waals surface area contributed by atoms with Gasteiger partial charge in [-0.25, -0.2) is 0 Å². The molecule has 2 aromatic carbocycles. The van der Waals surface area contributed by atoms with Crippen molar-refractivity contribution < 1.29 is 23.7 Å².